The van der Waals surface area contributed by atoms with Crippen molar-refractivity contribution in [3.8, 4) is 0 Å². The highest BCUT2D eigenvalue weighted by molar-refractivity contribution is 5.56. The quantitative estimate of drug-likeness (QED) is 0.340. The van der Waals surface area contributed by atoms with Crippen molar-refractivity contribution in [1.82, 2.24) is 0 Å². The first kappa shape index (κ1) is 7.47. The van der Waals surface area contributed by atoms with Gasteiger partial charge in [-0.2, -0.15) is 0 Å². The van der Waals surface area contributed by atoms with Gasteiger partial charge in [-0.1, -0.05) is 20.3 Å². The zero-order valence-corrected chi connectivity index (χ0v) is 5.46. The van der Waals surface area contributed by atoms with Crippen LogP contribution in [0.5, 0.6) is 0 Å². The Hall–Kier alpha value is -0.530. The van der Waals surface area contributed by atoms with Crippen LogP contribution in [0.3, 0.4) is 0 Å². The summed E-state index contributed by atoms with van der Waals surface area (Å²) in [6.07, 6.45) is 3.56. The minimum atomic E-state index is 0.644. The van der Waals surface area contributed by atoms with Crippen LogP contribution in [0, 0.1) is 5.92 Å². The summed E-state index contributed by atoms with van der Waals surface area (Å²) in [6.45, 7) is 4.25. The van der Waals surface area contributed by atoms with Crippen molar-refractivity contribution >= 4 is 6.21 Å². The van der Waals surface area contributed by atoms with Gasteiger partial charge in [0.2, 0.25) is 0 Å². The SMILES string of the molecule is CCC(C)C/C=N/O. The van der Waals surface area contributed by atoms with Crippen molar-refractivity contribution in [3.05, 3.63) is 0 Å². The maximum atomic E-state index is 7.98. The number of hydrogen-bond acceptors (Lipinski definition) is 2. The minimum absolute atomic E-state index is 0.644. The second-order valence-electron chi connectivity index (χ2n) is 2.05. The van der Waals surface area contributed by atoms with E-state index in [1.807, 2.05) is 0 Å². The molecule has 0 aromatic heterocycles. The molecule has 2 heteroatoms. The van der Waals surface area contributed by atoms with Gasteiger partial charge in [0.25, 0.3) is 0 Å². The van der Waals surface area contributed by atoms with Crippen molar-refractivity contribution < 1.29 is 5.21 Å². The van der Waals surface area contributed by atoms with Crippen LogP contribution in [0.4, 0.5) is 0 Å². The zero-order chi connectivity index (χ0) is 6.41. The average molecular weight is 115 g/mol. The first-order valence-electron chi connectivity index (χ1n) is 2.97. The summed E-state index contributed by atoms with van der Waals surface area (Å²) in [4.78, 5) is 0. The maximum absolute atomic E-state index is 7.98. The fourth-order valence-electron chi connectivity index (χ4n) is 0.394. The highest BCUT2D eigenvalue weighted by Gasteiger charge is 1.92. The van der Waals surface area contributed by atoms with E-state index in [9.17, 15) is 0 Å². The Morgan fingerprint density at radius 3 is 2.75 bits per heavy atom. The summed E-state index contributed by atoms with van der Waals surface area (Å²) in [5.74, 6) is 0.644. The number of nitrogens with zero attached hydrogens (tertiary/aromatic N) is 1. The Kier molecular flexibility index (Phi) is 4.32. The summed E-state index contributed by atoms with van der Waals surface area (Å²) in [7, 11) is 0. The van der Waals surface area contributed by atoms with Gasteiger partial charge in [0.15, 0.2) is 0 Å². The molecule has 0 saturated carbocycles. The van der Waals surface area contributed by atoms with Gasteiger partial charge in [0.05, 0.1) is 0 Å². The van der Waals surface area contributed by atoms with Gasteiger partial charge in [-0.05, 0) is 12.3 Å². The van der Waals surface area contributed by atoms with Crippen molar-refractivity contribution in [2.24, 2.45) is 11.1 Å². The summed E-state index contributed by atoms with van der Waals surface area (Å²) >= 11 is 0. The van der Waals surface area contributed by atoms with Gasteiger partial charge in [-0.15, -0.1) is 5.16 Å². The van der Waals surface area contributed by atoms with Crippen molar-refractivity contribution in [3.63, 3.8) is 0 Å². The van der Waals surface area contributed by atoms with E-state index in [-0.39, 0.29) is 0 Å². The Morgan fingerprint density at radius 2 is 2.38 bits per heavy atom. The molecular formula is C6H13NO. The van der Waals surface area contributed by atoms with Gasteiger partial charge in [-0.25, -0.2) is 0 Å². The third-order valence-electron chi connectivity index (χ3n) is 1.29. The predicted molar refractivity (Wildman–Crippen MR) is 34.4 cm³/mol. The molecular weight excluding hydrogens is 102 g/mol. The second kappa shape index (κ2) is 4.62. The Morgan fingerprint density at radius 1 is 1.75 bits per heavy atom. The summed E-state index contributed by atoms with van der Waals surface area (Å²) in [5.41, 5.74) is 0. The summed E-state index contributed by atoms with van der Waals surface area (Å²) in [6, 6.07) is 0. The molecule has 0 spiro atoms. The van der Waals surface area contributed by atoms with E-state index in [2.05, 4.69) is 19.0 Å². The molecule has 0 aliphatic rings. The molecule has 0 fully saturated rings. The van der Waals surface area contributed by atoms with Crippen LogP contribution in [0.1, 0.15) is 26.7 Å². The minimum Gasteiger partial charge on any atom is -0.411 e. The molecule has 2 nitrogen and oxygen atoms in total. The van der Waals surface area contributed by atoms with Crippen LogP contribution in [0.15, 0.2) is 5.16 Å². The first-order chi connectivity index (χ1) is 3.81. The molecule has 0 aliphatic carbocycles. The van der Waals surface area contributed by atoms with Crippen LogP contribution in [0.2, 0.25) is 0 Å². The molecule has 0 aliphatic heterocycles. The highest BCUT2D eigenvalue weighted by Crippen LogP contribution is 2.02. The van der Waals surface area contributed by atoms with Gasteiger partial charge in [0.1, 0.15) is 0 Å². The van der Waals surface area contributed by atoms with E-state index in [1.54, 1.807) is 0 Å². The number of hydrogen-bond donors (Lipinski definition) is 1. The normalized spacial score (nSPS) is 14.8. The van der Waals surface area contributed by atoms with E-state index in [0.29, 0.717) is 5.92 Å². The molecule has 0 radical (unpaired) electrons. The fraction of sp³-hybridized carbons (Fsp3) is 0.833. The van der Waals surface area contributed by atoms with Gasteiger partial charge < -0.3 is 5.21 Å². The van der Waals surface area contributed by atoms with Crippen molar-refractivity contribution in [1.29, 1.82) is 0 Å². The largest absolute Gasteiger partial charge is 0.411 e. The van der Waals surface area contributed by atoms with Crippen LogP contribution in [0.25, 0.3) is 0 Å². The molecule has 0 heterocycles. The lowest BCUT2D eigenvalue weighted by Gasteiger charge is -1.99. The van der Waals surface area contributed by atoms with Crippen LogP contribution in [-0.2, 0) is 0 Å². The van der Waals surface area contributed by atoms with Gasteiger partial charge >= 0.3 is 0 Å². The molecule has 48 valence electrons. The molecule has 0 aromatic rings. The predicted octanol–water partition coefficient (Wildman–Crippen LogP) is 1.88. The van der Waals surface area contributed by atoms with Gasteiger partial charge in [-0.3, -0.25) is 0 Å². The lowest BCUT2D eigenvalue weighted by atomic mass is 10.1. The molecule has 1 atom stereocenters. The monoisotopic (exact) mass is 115 g/mol. The highest BCUT2D eigenvalue weighted by atomic mass is 16.4. The zero-order valence-electron chi connectivity index (χ0n) is 5.46. The molecule has 0 bridgehead atoms. The average Bonchev–Trinajstić information content (AvgIpc) is 1.83. The van der Waals surface area contributed by atoms with Crippen molar-refractivity contribution in [2.75, 3.05) is 0 Å². The second-order valence-corrected chi connectivity index (χ2v) is 2.05. The van der Waals surface area contributed by atoms with Crippen LogP contribution < -0.4 is 0 Å². The lowest BCUT2D eigenvalue weighted by molar-refractivity contribution is 0.319. The number of oxime groups is 1. The lowest BCUT2D eigenvalue weighted by Crippen LogP contribution is -1.91. The van der Waals surface area contributed by atoms with E-state index in [0.717, 1.165) is 12.8 Å². The molecule has 0 amide bonds. The number of rotatable bonds is 3. The van der Waals surface area contributed by atoms with Crippen LogP contribution >= 0.6 is 0 Å². The first-order valence-corrected chi connectivity index (χ1v) is 2.97. The smallest absolute Gasteiger partial charge is 0.0438 e. The molecule has 0 rings (SSSR count). The maximum Gasteiger partial charge on any atom is 0.0438 e. The Balaban J connectivity index is 3.10. The van der Waals surface area contributed by atoms with Gasteiger partial charge in [0, 0.05) is 6.21 Å². The van der Waals surface area contributed by atoms with E-state index in [4.69, 9.17) is 5.21 Å². The van der Waals surface area contributed by atoms with E-state index >= 15 is 0 Å². The summed E-state index contributed by atoms with van der Waals surface area (Å²) < 4.78 is 0. The Bertz CT molecular complexity index is 70.9. The van der Waals surface area contributed by atoms with Crippen LogP contribution in [-0.4, -0.2) is 11.4 Å². The van der Waals surface area contributed by atoms with E-state index in [1.165, 1.54) is 6.21 Å². The molecule has 0 saturated heterocycles. The molecule has 0 aromatic carbocycles. The molecule has 8 heavy (non-hydrogen) atoms. The molecule has 1 N–H and O–H groups in total. The topological polar surface area (TPSA) is 32.6 Å². The fourth-order valence-corrected chi connectivity index (χ4v) is 0.394. The summed E-state index contributed by atoms with van der Waals surface area (Å²) in [5, 5.41) is 10.9. The van der Waals surface area contributed by atoms with Crippen molar-refractivity contribution in [2.45, 2.75) is 26.7 Å². The Labute approximate surface area is 50.2 Å². The van der Waals surface area contributed by atoms with E-state index < -0.39 is 0 Å². The standard InChI is InChI=1S/C6H13NO/c1-3-6(2)4-5-7-8/h5-6,8H,3-4H2,1-2H3/b7-5+. The third kappa shape index (κ3) is 3.65. The molecule has 1 unspecified atom stereocenters. The third-order valence-corrected chi connectivity index (χ3v) is 1.29.